The van der Waals surface area contributed by atoms with Crippen LogP contribution in [0.15, 0.2) is 18.2 Å². The Bertz CT molecular complexity index is 400. The van der Waals surface area contributed by atoms with Crippen LogP contribution >= 0.6 is 0 Å². The Labute approximate surface area is 95.1 Å². The number of rotatable bonds is 4. The molecule has 1 aromatic rings. The van der Waals surface area contributed by atoms with Crippen molar-refractivity contribution < 1.29 is 9.13 Å². The average molecular weight is 222 g/mol. The van der Waals surface area contributed by atoms with Gasteiger partial charge in [0.1, 0.15) is 6.04 Å². The van der Waals surface area contributed by atoms with Gasteiger partial charge < -0.3 is 9.64 Å². The normalized spacial score (nSPS) is 11.7. The lowest BCUT2D eigenvalue weighted by Gasteiger charge is -2.22. The minimum atomic E-state index is -0.406. The number of halogens is 1. The number of nitrogens with zero attached hydrogens (tertiary/aromatic N) is 2. The Morgan fingerprint density at radius 2 is 2.25 bits per heavy atom. The molecule has 0 aromatic heterocycles. The van der Waals surface area contributed by atoms with Crippen LogP contribution in [-0.4, -0.2) is 19.7 Å². The van der Waals surface area contributed by atoms with E-state index in [2.05, 4.69) is 6.07 Å². The van der Waals surface area contributed by atoms with Crippen LogP contribution < -0.4 is 9.64 Å². The van der Waals surface area contributed by atoms with Crippen LogP contribution in [0.25, 0.3) is 0 Å². The largest absolute Gasteiger partial charge is 0.491 e. The summed E-state index contributed by atoms with van der Waals surface area (Å²) in [5.74, 6) is -0.166. The molecule has 0 bridgehead atoms. The quantitative estimate of drug-likeness (QED) is 0.785. The average Bonchev–Trinajstić information content (AvgIpc) is 2.30. The second-order valence-corrected chi connectivity index (χ2v) is 3.46. The van der Waals surface area contributed by atoms with E-state index < -0.39 is 5.82 Å². The number of hydrogen-bond acceptors (Lipinski definition) is 3. The van der Waals surface area contributed by atoms with E-state index in [1.807, 2.05) is 0 Å². The maximum Gasteiger partial charge on any atom is 0.167 e. The van der Waals surface area contributed by atoms with Gasteiger partial charge in [0.15, 0.2) is 11.6 Å². The van der Waals surface area contributed by atoms with Gasteiger partial charge in [-0.25, -0.2) is 4.39 Å². The van der Waals surface area contributed by atoms with E-state index in [4.69, 9.17) is 10.00 Å². The third-order valence-electron chi connectivity index (χ3n) is 2.39. The van der Waals surface area contributed by atoms with Crippen LogP contribution in [0, 0.1) is 17.1 Å². The zero-order valence-electron chi connectivity index (χ0n) is 9.70. The number of nitriles is 1. The molecule has 4 heteroatoms. The first-order valence-electron chi connectivity index (χ1n) is 5.15. The van der Waals surface area contributed by atoms with E-state index in [-0.39, 0.29) is 11.8 Å². The number of ether oxygens (including phenoxy) is 1. The molecule has 0 fully saturated rings. The van der Waals surface area contributed by atoms with Crippen molar-refractivity contribution in [2.45, 2.75) is 19.9 Å². The minimum Gasteiger partial charge on any atom is -0.491 e. The SMILES string of the molecule is CCOc1ccc(N(C)C(C)C#N)cc1F. The fourth-order valence-corrected chi connectivity index (χ4v) is 1.29. The van der Waals surface area contributed by atoms with Crippen molar-refractivity contribution in [3.05, 3.63) is 24.0 Å². The second-order valence-electron chi connectivity index (χ2n) is 3.46. The smallest absolute Gasteiger partial charge is 0.167 e. The van der Waals surface area contributed by atoms with Gasteiger partial charge in [0.25, 0.3) is 0 Å². The lowest BCUT2D eigenvalue weighted by molar-refractivity contribution is 0.321. The molecule has 0 saturated heterocycles. The van der Waals surface area contributed by atoms with Gasteiger partial charge in [0.2, 0.25) is 0 Å². The van der Waals surface area contributed by atoms with Gasteiger partial charge in [-0.15, -0.1) is 0 Å². The third-order valence-corrected chi connectivity index (χ3v) is 2.39. The monoisotopic (exact) mass is 222 g/mol. The Hall–Kier alpha value is -1.76. The highest BCUT2D eigenvalue weighted by Gasteiger charge is 2.11. The first-order chi connectivity index (χ1) is 7.60. The summed E-state index contributed by atoms with van der Waals surface area (Å²) < 4.78 is 18.6. The van der Waals surface area contributed by atoms with E-state index in [1.165, 1.54) is 6.07 Å². The Kier molecular flexibility index (Phi) is 4.12. The fourth-order valence-electron chi connectivity index (χ4n) is 1.29. The maximum atomic E-state index is 13.5. The van der Waals surface area contributed by atoms with Gasteiger partial charge in [0, 0.05) is 18.8 Å². The van der Waals surface area contributed by atoms with Gasteiger partial charge in [-0.2, -0.15) is 5.26 Å². The zero-order valence-corrected chi connectivity index (χ0v) is 9.70. The van der Waals surface area contributed by atoms with Crippen LogP contribution in [0.1, 0.15) is 13.8 Å². The minimum absolute atomic E-state index is 0.240. The molecular formula is C12H15FN2O. The van der Waals surface area contributed by atoms with E-state index in [0.717, 1.165) is 0 Å². The van der Waals surface area contributed by atoms with Crippen LogP contribution in [0.2, 0.25) is 0 Å². The van der Waals surface area contributed by atoms with Gasteiger partial charge in [-0.1, -0.05) is 0 Å². The van der Waals surface area contributed by atoms with Crippen LogP contribution in [0.3, 0.4) is 0 Å². The molecule has 1 aromatic carbocycles. The van der Waals surface area contributed by atoms with E-state index in [0.29, 0.717) is 12.3 Å². The van der Waals surface area contributed by atoms with Crippen molar-refractivity contribution in [1.82, 2.24) is 0 Å². The van der Waals surface area contributed by atoms with Crippen molar-refractivity contribution in [2.75, 3.05) is 18.6 Å². The van der Waals surface area contributed by atoms with Crippen molar-refractivity contribution in [3.8, 4) is 11.8 Å². The standard InChI is InChI=1S/C12H15FN2O/c1-4-16-12-6-5-10(7-11(12)13)15(3)9(2)8-14/h5-7,9H,4H2,1-3H3. The number of hydrogen-bond donors (Lipinski definition) is 0. The van der Waals surface area contributed by atoms with Crippen molar-refractivity contribution in [2.24, 2.45) is 0 Å². The summed E-state index contributed by atoms with van der Waals surface area (Å²) in [5, 5.41) is 8.76. The van der Waals surface area contributed by atoms with E-state index in [1.54, 1.807) is 37.9 Å². The molecule has 0 saturated carbocycles. The van der Waals surface area contributed by atoms with Gasteiger partial charge >= 0.3 is 0 Å². The summed E-state index contributed by atoms with van der Waals surface area (Å²) >= 11 is 0. The molecule has 3 nitrogen and oxygen atoms in total. The molecule has 0 aliphatic rings. The molecule has 1 rings (SSSR count). The lowest BCUT2D eigenvalue weighted by Crippen LogP contribution is -2.27. The molecule has 0 radical (unpaired) electrons. The molecule has 0 aliphatic carbocycles. The highest BCUT2D eigenvalue weighted by atomic mass is 19.1. The Morgan fingerprint density at radius 3 is 2.75 bits per heavy atom. The van der Waals surface area contributed by atoms with E-state index >= 15 is 0 Å². The fraction of sp³-hybridized carbons (Fsp3) is 0.417. The van der Waals surface area contributed by atoms with E-state index in [9.17, 15) is 4.39 Å². The summed E-state index contributed by atoms with van der Waals surface area (Å²) in [6.07, 6.45) is 0. The third kappa shape index (κ3) is 2.63. The summed E-state index contributed by atoms with van der Waals surface area (Å²) in [6.45, 7) is 3.99. The molecule has 0 aliphatic heterocycles. The molecule has 1 unspecified atom stereocenters. The molecule has 0 amide bonds. The van der Waals surface area contributed by atoms with Crippen LogP contribution in [0.4, 0.5) is 10.1 Å². The zero-order chi connectivity index (χ0) is 12.1. The van der Waals surface area contributed by atoms with Gasteiger partial charge in [-0.3, -0.25) is 0 Å². The van der Waals surface area contributed by atoms with Crippen LogP contribution in [-0.2, 0) is 0 Å². The molecule has 16 heavy (non-hydrogen) atoms. The summed E-state index contributed by atoms with van der Waals surface area (Å²) in [6, 6.07) is 6.49. The second kappa shape index (κ2) is 5.36. The predicted octanol–water partition coefficient (Wildman–Crippen LogP) is 2.57. The first kappa shape index (κ1) is 12.3. The highest BCUT2D eigenvalue weighted by Crippen LogP contribution is 2.24. The molecule has 0 N–H and O–H groups in total. The highest BCUT2D eigenvalue weighted by molar-refractivity contribution is 5.50. The lowest BCUT2D eigenvalue weighted by atomic mass is 10.2. The number of anilines is 1. The number of benzene rings is 1. The predicted molar refractivity (Wildman–Crippen MR) is 61.0 cm³/mol. The molecule has 0 spiro atoms. The van der Waals surface area contributed by atoms with Crippen LogP contribution in [0.5, 0.6) is 5.75 Å². The maximum absolute atomic E-state index is 13.5. The molecular weight excluding hydrogens is 207 g/mol. The van der Waals surface area contributed by atoms with Crippen molar-refractivity contribution in [1.29, 1.82) is 5.26 Å². The molecule has 0 heterocycles. The van der Waals surface area contributed by atoms with Gasteiger partial charge in [0.05, 0.1) is 12.7 Å². The Morgan fingerprint density at radius 1 is 1.56 bits per heavy atom. The summed E-state index contributed by atoms with van der Waals surface area (Å²) in [5.41, 5.74) is 0.662. The summed E-state index contributed by atoms with van der Waals surface area (Å²) in [4.78, 5) is 1.71. The Balaban J connectivity index is 2.93. The first-order valence-corrected chi connectivity index (χ1v) is 5.15. The topological polar surface area (TPSA) is 36.3 Å². The molecule has 86 valence electrons. The summed E-state index contributed by atoms with van der Waals surface area (Å²) in [7, 11) is 1.75. The van der Waals surface area contributed by atoms with Gasteiger partial charge in [-0.05, 0) is 26.0 Å². The van der Waals surface area contributed by atoms with Crippen molar-refractivity contribution in [3.63, 3.8) is 0 Å². The van der Waals surface area contributed by atoms with Crippen molar-refractivity contribution >= 4 is 5.69 Å². The molecule has 1 atom stereocenters.